The molecule has 0 spiro atoms. The molecule has 1 aliphatic heterocycles. The van der Waals surface area contributed by atoms with Crippen LogP contribution in [0.4, 0.5) is 14.5 Å². The van der Waals surface area contributed by atoms with Crippen molar-refractivity contribution in [1.82, 2.24) is 9.21 Å². The maximum atomic E-state index is 14.0. The number of furan rings is 2. The van der Waals surface area contributed by atoms with E-state index in [0.717, 1.165) is 18.2 Å². The van der Waals surface area contributed by atoms with E-state index >= 15 is 0 Å². The van der Waals surface area contributed by atoms with Crippen molar-refractivity contribution in [3.8, 4) is 0 Å². The zero-order chi connectivity index (χ0) is 23.2. The second-order valence-corrected chi connectivity index (χ2v) is 9.08. The van der Waals surface area contributed by atoms with Crippen LogP contribution in [0.2, 0.25) is 0 Å². The van der Waals surface area contributed by atoms with E-state index in [1.807, 2.05) is 11.9 Å². The van der Waals surface area contributed by atoms with E-state index in [1.165, 1.54) is 4.31 Å². The number of carbonyl (C=O) groups is 2. The Kier molecular flexibility index (Phi) is 5.48. The van der Waals surface area contributed by atoms with Crippen LogP contribution >= 0.6 is 0 Å². The average Bonchev–Trinajstić information content (AvgIpc) is 3.35. The van der Waals surface area contributed by atoms with Gasteiger partial charge in [-0.3, -0.25) is 9.59 Å². The average molecular weight is 468 g/mol. The van der Waals surface area contributed by atoms with Gasteiger partial charge in [0, 0.05) is 32.2 Å². The third kappa shape index (κ3) is 3.85. The predicted octanol–water partition coefficient (Wildman–Crippen LogP) is 1.59. The molecule has 4 rings (SSSR count). The molecule has 10 nitrogen and oxygen atoms in total. The van der Waals surface area contributed by atoms with Gasteiger partial charge in [-0.1, -0.05) is 0 Å². The number of sulfonamides is 1. The molecule has 3 aromatic rings. The van der Waals surface area contributed by atoms with E-state index in [4.69, 9.17) is 14.6 Å². The Morgan fingerprint density at radius 3 is 2.44 bits per heavy atom. The van der Waals surface area contributed by atoms with E-state index in [9.17, 15) is 26.8 Å². The van der Waals surface area contributed by atoms with Gasteiger partial charge in [-0.15, -0.1) is 0 Å². The first-order valence-corrected chi connectivity index (χ1v) is 10.8. The van der Waals surface area contributed by atoms with Crippen LogP contribution in [-0.2, 0) is 10.0 Å². The summed E-state index contributed by atoms with van der Waals surface area (Å²) in [5.74, 6) is -5.18. The van der Waals surface area contributed by atoms with Gasteiger partial charge in [-0.2, -0.15) is 4.31 Å². The van der Waals surface area contributed by atoms with E-state index in [-0.39, 0.29) is 24.2 Å². The minimum absolute atomic E-state index is 0.235. The molecule has 0 bridgehead atoms. The molecular weight excluding hydrogens is 450 g/mol. The van der Waals surface area contributed by atoms with Gasteiger partial charge in [0.05, 0.1) is 5.39 Å². The maximum Gasteiger partial charge on any atom is 0.291 e. The monoisotopic (exact) mass is 468 g/mol. The second kappa shape index (κ2) is 8.00. The van der Waals surface area contributed by atoms with Gasteiger partial charge in [0.15, 0.2) is 17.2 Å². The molecule has 170 valence electrons. The second-order valence-electron chi connectivity index (χ2n) is 7.21. The normalized spacial score (nSPS) is 15.8. The minimum atomic E-state index is -3.96. The van der Waals surface area contributed by atoms with Gasteiger partial charge >= 0.3 is 0 Å². The molecule has 13 heteroatoms. The summed E-state index contributed by atoms with van der Waals surface area (Å²) < 4.78 is 64.8. The first kappa shape index (κ1) is 21.9. The molecule has 0 atom stereocenters. The van der Waals surface area contributed by atoms with Crippen LogP contribution < -0.4 is 11.1 Å². The van der Waals surface area contributed by atoms with Crippen LogP contribution in [0.1, 0.15) is 21.1 Å². The quantitative estimate of drug-likeness (QED) is 0.580. The standard InChI is InChI=1S/C19H18F2N4O6S/c1-24-4-6-25(7-5-24)32(28,29)14-3-2-13(30-14)19(27)23-15-11-8-10(20)9-12(21)16(11)31-17(15)18(22)26/h2-3,8-9H,4-7H2,1H3,(H2,22,26)(H,23,27). The Bertz CT molecular complexity index is 1330. The number of carbonyl (C=O) groups excluding carboxylic acids is 2. The highest BCUT2D eigenvalue weighted by Gasteiger charge is 2.31. The molecule has 1 aliphatic rings. The third-order valence-electron chi connectivity index (χ3n) is 5.03. The Morgan fingerprint density at radius 2 is 1.78 bits per heavy atom. The van der Waals surface area contributed by atoms with Crippen LogP contribution in [0, 0.1) is 11.6 Å². The molecule has 3 N–H and O–H groups in total. The Morgan fingerprint density at radius 1 is 1.09 bits per heavy atom. The lowest BCUT2D eigenvalue weighted by Crippen LogP contribution is -2.46. The SMILES string of the molecule is CN1CCN(S(=O)(=O)c2ccc(C(=O)Nc3c(C(N)=O)oc4c(F)cc(F)cc34)o2)CC1. The van der Waals surface area contributed by atoms with Crippen LogP contribution in [0.25, 0.3) is 11.0 Å². The lowest BCUT2D eigenvalue weighted by Gasteiger charge is -2.30. The molecule has 0 saturated carbocycles. The molecular formula is C19H18F2N4O6S. The number of primary amides is 1. The number of nitrogens with two attached hydrogens (primary N) is 1. The Balaban J connectivity index is 1.64. The van der Waals surface area contributed by atoms with Crippen LogP contribution in [0.15, 0.2) is 38.2 Å². The van der Waals surface area contributed by atoms with E-state index < -0.39 is 55.7 Å². The molecule has 2 amide bonds. The molecule has 32 heavy (non-hydrogen) atoms. The smallest absolute Gasteiger partial charge is 0.291 e. The first-order valence-electron chi connectivity index (χ1n) is 9.39. The highest BCUT2D eigenvalue weighted by Crippen LogP contribution is 2.33. The summed E-state index contributed by atoms with van der Waals surface area (Å²) in [6.45, 7) is 1.62. The number of rotatable bonds is 5. The number of amides is 2. The molecule has 1 saturated heterocycles. The van der Waals surface area contributed by atoms with Gasteiger partial charge in [0.2, 0.25) is 10.9 Å². The predicted molar refractivity (Wildman–Crippen MR) is 108 cm³/mol. The number of likely N-dealkylation sites (N-methyl/N-ethyl adjacent to an activating group) is 1. The number of piperazine rings is 1. The number of nitrogens with zero attached hydrogens (tertiary/aromatic N) is 2. The first-order chi connectivity index (χ1) is 15.1. The molecule has 1 fully saturated rings. The number of halogens is 2. The number of fused-ring (bicyclic) bond motifs is 1. The topological polar surface area (TPSA) is 139 Å². The number of hydrogen-bond acceptors (Lipinski definition) is 7. The fourth-order valence-corrected chi connectivity index (χ4v) is 4.67. The van der Waals surface area contributed by atoms with Gasteiger partial charge in [-0.05, 0) is 25.2 Å². The van der Waals surface area contributed by atoms with Crippen molar-refractivity contribution in [3.05, 3.63) is 47.4 Å². The molecule has 2 aromatic heterocycles. The fourth-order valence-electron chi connectivity index (χ4n) is 3.33. The molecule has 3 heterocycles. The van der Waals surface area contributed by atoms with Gasteiger partial charge in [0.25, 0.3) is 21.8 Å². The third-order valence-corrected chi connectivity index (χ3v) is 6.81. The lowest BCUT2D eigenvalue weighted by molar-refractivity contribution is 0.0976. The summed E-state index contributed by atoms with van der Waals surface area (Å²) in [6.07, 6.45) is 0. The maximum absolute atomic E-state index is 14.0. The van der Waals surface area contributed by atoms with E-state index in [0.29, 0.717) is 19.2 Å². The van der Waals surface area contributed by atoms with Gasteiger partial charge < -0.3 is 24.8 Å². The number of hydrogen-bond donors (Lipinski definition) is 2. The van der Waals surface area contributed by atoms with Crippen molar-refractivity contribution < 1.29 is 35.6 Å². The van der Waals surface area contributed by atoms with Crippen molar-refractivity contribution in [2.24, 2.45) is 5.73 Å². The largest absolute Gasteiger partial charge is 0.446 e. The zero-order valence-corrected chi connectivity index (χ0v) is 17.5. The summed E-state index contributed by atoms with van der Waals surface area (Å²) in [6, 6.07) is 3.66. The van der Waals surface area contributed by atoms with Crippen molar-refractivity contribution in [1.29, 1.82) is 0 Å². The summed E-state index contributed by atoms with van der Waals surface area (Å²) in [5, 5.41) is 1.59. The molecule has 0 aliphatic carbocycles. The molecule has 0 radical (unpaired) electrons. The minimum Gasteiger partial charge on any atom is -0.446 e. The summed E-state index contributed by atoms with van der Waals surface area (Å²) in [7, 11) is -2.09. The number of anilines is 1. The van der Waals surface area contributed by atoms with Crippen LogP contribution in [0.3, 0.4) is 0 Å². The lowest BCUT2D eigenvalue weighted by atomic mass is 10.2. The Labute approximate surface area is 180 Å². The fraction of sp³-hybridized carbons (Fsp3) is 0.263. The zero-order valence-electron chi connectivity index (χ0n) is 16.7. The number of nitrogens with one attached hydrogen (secondary N) is 1. The van der Waals surface area contributed by atoms with E-state index in [1.54, 1.807) is 0 Å². The number of benzene rings is 1. The molecule has 1 aromatic carbocycles. The van der Waals surface area contributed by atoms with Crippen LogP contribution in [0.5, 0.6) is 0 Å². The summed E-state index contributed by atoms with van der Waals surface area (Å²) in [4.78, 5) is 26.3. The summed E-state index contributed by atoms with van der Waals surface area (Å²) >= 11 is 0. The van der Waals surface area contributed by atoms with Crippen molar-refractivity contribution in [3.63, 3.8) is 0 Å². The highest BCUT2D eigenvalue weighted by molar-refractivity contribution is 7.89. The van der Waals surface area contributed by atoms with Crippen LogP contribution in [-0.4, -0.2) is 62.7 Å². The van der Waals surface area contributed by atoms with Gasteiger partial charge in [-0.25, -0.2) is 17.2 Å². The van der Waals surface area contributed by atoms with Crippen molar-refractivity contribution in [2.75, 3.05) is 38.5 Å². The Hall–Kier alpha value is -3.29. The summed E-state index contributed by atoms with van der Waals surface area (Å²) in [5.41, 5.74) is 4.38. The highest BCUT2D eigenvalue weighted by atomic mass is 32.2. The molecule has 0 unspecified atom stereocenters. The van der Waals surface area contributed by atoms with Gasteiger partial charge in [0.1, 0.15) is 11.5 Å². The van der Waals surface area contributed by atoms with Crippen molar-refractivity contribution >= 4 is 38.5 Å². The van der Waals surface area contributed by atoms with E-state index in [2.05, 4.69) is 5.32 Å². The van der Waals surface area contributed by atoms with Crippen molar-refractivity contribution in [2.45, 2.75) is 5.09 Å².